The third-order valence-corrected chi connectivity index (χ3v) is 5.35. The molecule has 0 radical (unpaired) electrons. The van der Waals surface area contributed by atoms with Crippen molar-refractivity contribution in [3.63, 3.8) is 0 Å². The molecule has 1 aromatic carbocycles. The first kappa shape index (κ1) is 17.2. The van der Waals surface area contributed by atoms with E-state index in [2.05, 4.69) is 10.3 Å². The smallest absolute Gasteiger partial charge is 0.312 e. The molecule has 2 N–H and O–H groups in total. The van der Waals surface area contributed by atoms with Crippen LogP contribution in [0.1, 0.15) is 40.8 Å². The number of aromatic nitrogens is 3. The number of fused-ring (bicyclic) bond motifs is 1. The zero-order chi connectivity index (χ0) is 19.1. The molecule has 136 valence electrons. The van der Waals surface area contributed by atoms with E-state index in [-0.39, 0.29) is 16.5 Å². The van der Waals surface area contributed by atoms with Gasteiger partial charge in [-0.15, -0.1) is 11.3 Å². The molecule has 0 saturated heterocycles. The Morgan fingerprint density at radius 2 is 1.96 bits per heavy atom. The number of benzene rings is 1. The van der Waals surface area contributed by atoms with Gasteiger partial charge in [-0.25, -0.2) is 4.98 Å². The van der Waals surface area contributed by atoms with E-state index < -0.39 is 11.7 Å². The first-order valence-electron chi connectivity index (χ1n) is 8.35. The van der Waals surface area contributed by atoms with E-state index in [1.807, 2.05) is 32.0 Å². The minimum atomic E-state index is -0.809. The fourth-order valence-electron chi connectivity index (χ4n) is 2.79. The molecule has 0 aliphatic rings. The van der Waals surface area contributed by atoms with Crippen molar-refractivity contribution in [3.8, 4) is 11.6 Å². The molecule has 27 heavy (non-hydrogen) atoms. The summed E-state index contributed by atoms with van der Waals surface area (Å²) in [6.07, 6.45) is 0. The van der Waals surface area contributed by atoms with Crippen molar-refractivity contribution < 1.29 is 19.1 Å². The van der Waals surface area contributed by atoms with Gasteiger partial charge in [0.1, 0.15) is 9.71 Å². The number of hydrogen-bond donors (Lipinski definition) is 1. The van der Waals surface area contributed by atoms with Gasteiger partial charge in [-0.05, 0) is 22.7 Å². The van der Waals surface area contributed by atoms with Crippen LogP contribution in [0.25, 0.3) is 15.9 Å². The number of carbonyl (C=O) groups excluding carboxylic acids is 1. The molecular formula is C19H16N4O3S. The van der Waals surface area contributed by atoms with Gasteiger partial charge in [0.15, 0.2) is 5.95 Å². The summed E-state index contributed by atoms with van der Waals surface area (Å²) in [5, 5.41) is 16.6. The second kappa shape index (κ2) is 6.48. The standard InChI is InChI=1S/C19H16N4O3S/c1-10(2)13-9-8-12-14(20)17(27-18(12)21-13)16(24)15-19(25)26-22-23(15)11-6-4-3-5-7-11/h3-10H,1-2H3,(H2-,20,22,24,25). The first-order chi connectivity index (χ1) is 13.0. The summed E-state index contributed by atoms with van der Waals surface area (Å²) in [5.74, 6) is -1.09. The second-order valence-electron chi connectivity index (χ2n) is 6.37. The van der Waals surface area contributed by atoms with E-state index in [1.165, 1.54) is 16.0 Å². The van der Waals surface area contributed by atoms with Crippen molar-refractivity contribution in [2.45, 2.75) is 19.8 Å². The molecule has 0 aliphatic heterocycles. The second-order valence-corrected chi connectivity index (χ2v) is 7.37. The molecule has 0 fully saturated rings. The van der Waals surface area contributed by atoms with Crippen molar-refractivity contribution >= 4 is 33.0 Å². The van der Waals surface area contributed by atoms with E-state index in [9.17, 15) is 9.90 Å². The van der Waals surface area contributed by atoms with Crippen molar-refractivity contribution in [1.29, 1.82) is 0 Å². The molecule has 0 aliphatic carbocycles. The number of para-hydroxylation sites is 1. The Morgan fingerprint density at radius 1 is 1.22 bits per heavy atom. The summed E-state index contributed by atoms with van der Waals surface area (Å²) in [6.45, 7) is 4.08. The lowest BCUT2D eigenvalue weighted by Gasteiger charge is -2.02. The Hall–Kier alpha value is -3.26. The quantitative estimate of drug-likeness (QED) is 0.430. The number of nitrogens with zero attached hydrogens (tertiary/aromatic N) is 3. The molecule has 4 rings (SSSR count). The third kappa shape index (κ3) is 2.83. The van der Waals surface area contributed by atoms with Gasteiger partial charge in [0.25, 0.3) is 5.78 Å². The number of rotatable bonds is 4. The maximum atomic E-state index is 13.1. The Morgan fingerprint density at radius 3 is 2.67 bits per heavy atom. The van der Waals surface area contributed by atoms with Crippen LogP contribution in [0.5, 0.6) is 5.95 Å². The van der Waals surface area contributed by atoms with E-state index >= 15 is 0 Å². The highest BCUT2D eigenvalue weighted by molar-refractivity contribution is 7.21. The van der Waals surface area contributed by atoms with E-state index in [0.29, 0.717) is 21.6 Å². The topological polar surface area (TPSA) is 109 Å². The molecular weight excluding hydrogens is 364 g/mol. The fourth-order valence-corrected chi connectivity index (χ4v) is 3.83. The number of ketones is 1. The maximum absolute atomic E-state index is 13.1. The molecule has 0 bridgehead atoms. The van der Waals surface area contributed by atoms with Gasteiger partial charge >= 0.3 is 5.69 Å². The van der Waals surface area contributed by atoms with Gasteiger partial charge < -0.3 is 15.4 Å². The highest BCUT2D eigenvalue weighted by atomic mass is 32.1. The van der Waals surface area contributed by atoms with Crippen LogP contribution < -0.4 is 15.5 Å². The molecule has 7 nitrogen and oxygen atoms in total. The Labute approximate surface area is 158 Å². The van der Waals surface area contributed by atoms with Crippen molar-refractivity contribution in [1.82, 2.24) is 10.3 Å². The summed E-state index contributed by atoms with van der Waals surface area (Å²) in [5.41, 5.74) is 7.78. The largest absolute Gasteiger partial charge is 0.539 e. The van der Waals surface area contributed by atoms with Crippen LogP contribution in [0.15, 0.2) is 47.0 Å². The fraction of sp³-hybridized carbons (Fsp3) is 0.158. The average molecular weight is 380 g/mol. The molecule has 0 atom stereocenters. The lowest BCUT2D eigenvalue weighted by atomic mass is 10.1. The number of anilines is 1. The molecule has 0 spiro atoms. The lowest BCUT2D eigenvalue weighted by molar-refractivity contribution is -0.672. The molecule has 0 amide bonds. The third-order valence-electron chi connectivity index (χ3n) is 4.24. The molecule has 0 saturated carbocycles. The van der Waals surface area contributed by atoms with Gasteiger partial charge in [0, 0.05) is 23.2 Å². The lowest BCUT2D eigenvalue weighted by Crippen LogP contribution is -2.39. The summed E-state index contributed by atoms with van der Waals surface area (Å²) >= 11 is 1.17. The number of hydrogen-bond acceptors (Lipinski definition) is 7. The summed E-state index contributed by atoms with van der Waals surface area (Å²) in [7, 11) is 0. The number of pyridine rings is 1. The summed E-state index contributed by atoms with van der Waals surface area (Å²) in [6, 6.07) is 12.6. The molecule has 3 heterocycles. The van der Waals surface area contributed by atoms with Gasteiger partial charge in [0.05, 0.1) is 11.0 Å². The number of thiophene rings is 1. The van der Waals surface area contributed by atoms with Crippen LogP contribution in [0.3, 0.4) is 0 Å². The van der Waals surface area contributed by atoms with Crippen LogP contribution in [-0.4, -0.2) is 16.0 Å². The Balaban J connectivity index is 1.85. The van der Waals surface area contributed by atoms with Crippen molar-refractivity contribution in [2.75, 3.05) is 5.73 Å². The zero-order valence-electron chi connectivity index (χ0n) is 14.7. The number of nitrogens with two attached hydrogens (primary N) is 1. The highest BCUT2D eigenvalue weighted by Crippen LogP contribution is 2.35. The Bertz CT molecular complexity index is 1150. The maximum Gasteiger partial charge on any atom is 0.312 e. The van der Waals surface area contributed by atoms with Crippen LogP contribution in [0.2, 0.25) is 0 Å². The van der Waals surface area contributed by atoms with E-state index in [0.717, 1.165) is 5.69 Å². The molecule has 4 aromatic rings. The normalized spacial score (nSPS) is 11.4. The van der Waals surface area contributed by atoms with Crippen LogP contribution >= 0.6 is 11.3 Å². The molecule has 8 heteroatoms. The van der Waals surface area contributed by atoms with Crippen LogP contribution in [-0.2, 0) is 0 Å². The highest BCUT2D eigenvalue weighted by Gasteiger charge is 2.32. The molecule has 3 aromatic heterocycles. The minimum Gasteiger partial charge on any atom is -0.539 e. The van der Waals surface area contributed by atoms with E-state index in [4.69, 9.17) is 10.3 Å². The molecule has 0 unspecified atom stereocenters. The van der Waals surface area contributed by atoms with E-state index in [1.54, 1.807) is 24.3 Å². The van der Waals surface area contributed by atoms with Gasteiger partial charge in [0.2, 0.25) is 5.69 Å². The van der Waals surface area contributed by atoms with Crippen molar-refractivity contribution in [3.05, 3.63) is 58.7 Å². The van der Waals surface area contributed by atoms with Crippen LogP contribution in [0, 0.1) is 0 Å². The van der Waals surface area contributed by atoms with Crippen molar-refractivity contribution in [2.24, 2.45) is 0 Å². The van der Waals surface area contributed by atoms with Gasteiger partial charge in [-0.1, -0.05) is 32.0 Å². The average Bonchev–Trinajstić information content (AvgIpc) is 3.22. The summed E-state index contributed by atoms with van der Waals surface area (Å²) < 4.78 is 5.94. The predicted octanol–water partition coefficient (Wildman–Crippen LogP) is 2.57. The van der Waals surface area contributed by atoms with Crippen LogP contribution in [0.4, 0.5) is 5.69 Å². The number of carbonyl (C=O) groups is 1. The van der Waals surface area contributed by atoms with Gasteiger partial charge in [-0.3, -0.25) is 4.79 Å². The van der Waals surface area contributed by atoms with Gasteiger partial charge in [-0.2, -0.15) is 0 Å². The zero-order valence-corrected chi connectivity index (χ0v) is 15.5. The number of nitrogen functional groups attached to an aromatic ring is 1. The Kier molecular flexibility index (Phi) is 4.12. The predicted molar refractivity (Wildman–Crippen MR) is 99.0 cm³/mol. The summed E-state index contributed by atoms with van der Waals surface area (Å²) in [4.78, 5) is 18.6. The monoisotopic (exact) mass is 380 g/mol. The SMILES string of the molecule is CC(C)c1ccc2c(N)c(C(=O)c3c([O-])on[n+]3-c3ccccc3)sc2n1. The minimum absolute atomic E-state index is 0.191. The first-order valence-corrected chi connectivity index (χ1v) is 9.17.